The molecule has 0 aliphatic rings. The summed E-state index contributed by atoms with van der Waals surface area (Å²) in [6, 6.07) is 7.62. The summed E-state index contributed by atoms with van der Waals surface area (Å²) in [6.07, 6.45) is 1.74. The molecule has 0 aliphatic carbocycles. The first-order valence-corrected chi connectivity index (χ1v) is 4.87. The van der Waals surface area contributed by atoms with Gasteiger partial charge in [-0.2, -0.15) is 4.37 Å². The highest BCUT2D eigenvalue weighted by Gasteiger charge is 2.05. The zero-order valence-electron chi connectivity index (χ0n) is 7.47. The quantitative estimate of drug-likeness (QED) is 0.813. The second-order valence-electron chi connectivity index (χ2n) is 2.82. The molecule has 0 unspecified atom stereocenters. The van der Waals surface area contributed by atoms with Crippen molar-refractivity contribution >= 4 is 17.2 Å². The summed E-state index contributed by atoms with van der Waals surface area (Å²) in [5.41, 5.74) is 7.81. The fraction of sp³-hybridized carbons (Fsp3) is 0. The monoisotopic (exact) mass is 203 g/mol. The molecule has 4 heteroatoms. The van der Waals surface area contributed by atoms with Crippen molar-refractivity contribution in [1.82, 2.24) is 9.36 Å². The van der Waals surface area contributed by atoms with E-state index in [0.29, 0.717) is 5.70 Å². The first-order chi connectivity index (χ1) is 6.77. The largest absolute Gasteiger partial charge is 0.398 e. The molecule has 14 heavy (non-hydrogen) atoms. The standard InChI is InChI=1S/C10H9N3S/c1-7(11)10-6-9(13-14-10)8-4-2-3-5-12-8/h2-6H,1,11H2. The van der Waals surface area contributed by atoms with Crippen molar-refractivity contribution in [3.05, 3.63) is 41.9 Å². The van der Waals surface area contributed by atoms with Gasteiger partial charge in [0.15, 0.2) is 0 Å². The number of rotatable bonds is 2. The third-order valence-corrected chi connectivity index (χ3v) is 2.62. The van der Waals surface area contributed by atoms with Gasteiger partial charge in [0.1, 0.15) is 5.69 Å². The molecule has 2 aromatic heterocycles. The molecular weight excluding hydrogens is 194 g/mol. The number of nitrogens with two attached hydrogens (primary N) is 1. The van der Waals surface area contributed by atoms with Crippen LogP contribution in [0.4, 0.5) is 0 Å². The zero-order chi connectivity index (χ0) is 9.97. The molecule has 0 aromatic carbocycles. The Morgan fingerprint density at radius 2 is 2.21 bits per heavy atom. The SMILES string of the molecule is C=C(N)c1cc(-c2ccccn2)ns1. The molecule has 0 radical (unpaired) electrons. The molecule has 0 fully saturated rings. The summed E-state index contributed by atoms with van der Waals surface area (Å²) in [5, 5.41) is 0. The molecule has 3 nitrogen and oxygen atoms in total. The molecule has 0 atom stereocenters. The van der Waals surface area contributed by atoms with Crippen LogP contribution in [0.15, 0.2) is 37.0 Å². The van der Waals surface area contributed by atoms with E-state index in [-0.39, 0.29) is 0 Å². The first-order valence-electron chi connectivity index (χ1n) is 4.10. The van der Waals surface area contributed by atoms with Gasteiger partial charge in [-0.25, -0.2) is 0 Å². The Morgan fingerprint density at radius 3 is 2.79 bits per heavy atom. The molecule has 0 bridgehead atoms. The lowest BCUT2D eigenvalue weighted by atomic mass is 10.2. The lowest BCUT2D eigenvalue weighted by Crippen LogP contribution is -1.89. The van der Waals surface area contributed by atoms with Crippen molar-refractivity contribution in [1.29, 1.82) is 0 Å². The Bertz CT molecular complexity index is 447. The van der Waals surface area contributed by atoms with Crippen molar-refractivity contribution in [2.75, 3.05) is 0 Å². The Balaban J connectivity index is 2.39. The predicted octanol–water partition coefficient (Wildman–Crippen LogP) is 2.13. The van der Waals surface area contributed by atoms with E-state index in [1.807, 2.05) is 24.3 Å². The van der Waals surface area contributed by atoms with E-state index in [2.05, 4.69) is 15.9 Å². The summed E-state index contributed by atoms with van der Waals surface area (Å²) in [4.78, 5) is 5.09. The Morgan fingerprint density at radius 1 is 1.36 bits per heavy atom. The normalized spacial score (nSPS) is 10.0. The molecule has 70 valence electrons. The summed E-state index contributed by atoms with van der Waals surface area (Å²) in [5.74, 6) is 0. The van der Waals surface area contributed by atoms with Crippen LogP contribution in [-0.2, 0) is 0 Å². The minimum atomic E-state index is 0.546. The molecule has 2 aromatic rings. The van der Waals surface area contributed by atoms with Crippen LogP contribution >= 0.6 is 11.5 Å². The van der Waals surface area contributed by atoms with Crippen LogP contribution in [0.1, 0.15) is 4.88 Å². The zero-order valence-corrected chi connectivity index (χ0v) is 8.29. The van der Waals surface area contributed by atoms with Crippen LogP contribution in [0.2, 0.25) is 0 Å². The number of hydrogen-bond donors (Lipinski definition) is 1. The van der Waals surface area contributed by atoms with Gasteiger partial charge < -0.3 is 5.73 Å². The summed E-state index contributed by atoms with van der Waals surface area (Å²) in [7, 11) is 0. The maximum absolute atomic E-state index is 5.56. The van der Waals surface area contributed by atoms with Crippen LogP contribution in [0.3, 0.4) is 0 Å². The minimum Gasteiger partial charge on any atom is -0.398 e. The molecular formula is C10H9N3S. The fourth-order valence-corrected chi connectivity index (χ4v) is 1.69. The van der Waals surface area contributed by atoms with E-state index in [9.17, 15) is 0 Å². The lowest BCUT2D eigenvalue weighted by molar-refractivity contribution is 1.30. The van der Waals surface area contributed by atoms with Crippen LogP contribution in [0.25, 0.3) is 17.1 Å². The van der Waals surface area contributed by atoms with E-state index in [0.717, 1.165) is 16.3 Å². The summed E-state index contributed by atoms with van der Waals surface area (Å²) < 4.78 is 4.25. The van der Waals surface area contributed by atoms with Crippen molar-refractivity contribution in [3.8, 4) is 11.4 Å². The van der Waals surface area contributed by atoms with Crippen molar-refractivity contribution in [3.63, 3.8) is 0 Å². The average Bonchev–Trinajstić information content (AvgIpc) is 2.68. The number of aromatic nitrogens is 2. The van der Waals surface area contributed by atoms with Gasteiger partial charge in [0.05, 0.1) is 10.6 Å². The Labute approximate surface area is 86.1 Å². The molecule has 0 saturated carbocycles. The minimum absolute atomic E-state index is 0.546. The number of hydrogen-bond acceptors (Lipinski definition) is 4. The molecule has 0 amide bonds. The maximum atomic E-state index is 5.56. The van der Waals surface area contributed by atoms with E-state index in [1.165, 1.54) is 11.5 Å². The van der Waals surface area contributed by atoms with E-state index < -0.39 is 0 Å². The smallest absolute Gasteiger partial charge is 0.103 e. The number of pyridine rings is 1. The highest BCUT2D eigenvalue weighted by Crippen LogP contribution is 2.22. The van der Waals surface area contributed by atoms with Crippen LogP contribution in [0, 0.1) is 0 Å². The topological polar surface area (TPSA) is 51.8 Å². The molecule has 0 spiro atoms. The second kappa shape index (κ2) is 3.59. The predicted molar refractivity (Wildman–Crippen MR) is 58.6 cm³/mol. The number of nitrogens with zero attached hydrogens (tertiary/aromatic N) is 2. The summed E-state index contributed by atoms with van der Waals surface area (Å²) in [6.45, 7) is 3.66. The van der Waals surface area contributed by atoms with Gasteiger partial charge in [0, 0.05) is 11.9 Å². The maximum Gasteiger partial charge on any atom is 0.103 e. The van der Waals surface area contributed by atoms with Gasteiger partial charge in [-0.1, -0.05) is 12.6 Å². The van der Waals surface area contributed by atoms with Gasteiger partial charge in [-0.05, 0) is 29.7 Å². The van der Waals surface area contributed by atoms with Gasteiger partial charge >= 0.3 is 0 Å². The van der Waals surface area contributed by atoms with E-state index >= 15 is 0 Å². The third-order valence-electron chi connectivity index (χ3n) is 1.75. The summed E-state index contributed by atoms with van der Waals surface area (Å²) >= 11 is 1.34. The van der Waals surface area contributed by atoms with Crippen molar-refractivity contribution < 1.29 is 0 Å². The fourth-order valence-electron chi connectivity index (χ4n) is 1.06. The molecule has 0 aliphatic heterocycles. The Hall–Kier alpha value is -1.68. The van der Waals surface area contributed by atoms with Crippen LogP contribution < -0.4 is 5.73 Å². The van der Waals surface area contributed by atoms with E-state index in [1.54, 1.807) is 6.20 Å². The van der Waals surface area contributed by atoms with Gasteiger partial charge in [0.2, 0.25) is 0 Å². The molecule has 2 rings (SSSR count). The highest BCUT2D eigenvalue weighted by atomic mass is 32.1. The van der Waals surface area contributed by atoms with E-state index in [4.69, 9.17) is 5.73 Å². The average molecular weight is 203 g/mol. The van der Waals surface area contributed by atoms with Crippen molar-refractivity contribution in [2.45, 2.75) is 0 Å². The highest BCUT2D eigenvalue weighted by molar-refractivity contribution is 7.07. The molecule has 2 N–H and O–H groups in total. The first kappa shape index (κ1) is 8.90. The lowest BCUT2D eigenvalue weighted by Gasteiger charge is -1.92. The van der Waals surface area contributed by atoms with Gasteiger partial charge in [-0.3, -0.25) is 4.98 Å². The third kappa shape index (κ3) is 1.65. The Kier molecular flexibility index (Phi) is 2.28. The van der Waals surface area contributed by atoms with Crippen LogP contribution in [0.5, 0.6) is 0 Å². The second-order valence-corrected chi connectivity index (χ2v) is 3.62. The molecule has 0 saturated heterocycles. The van der Waals surface area contributed by atoms with Gasteiger partial charge in [-0.15, -0.1) is 0 Å². The van der Waals surface area contributed by atoms with Gasteiger partial charge in [0.25, 0.3) is 0 Å². The molecule has 2 heterocycles. The van der Waals surface area contributed by atoms with Crippen LogP contribution in [-0.4, -0.2) is 9.36 Å². The van der Waals surface area contributed by atoms with Crippen molar-refractivity contribution in [2.24, 2.45) is 5.73 Å².